The molecule has 0 aliphatic heterocycles. The first-order chi connectivity index (χ1) is 15.7. The molecular weight excluding hydrogens is 505 g/mol. The fraction of sp³-hybridized carbons (Fsp3) is 0.400. The number of rotatable bonds is 11. The van der Waals surface area contributed by atoms with Crippen LogP contribution in [0.5, 0.6) is 28.7 Å². The summed E-state index contributed by atoms with van der Waals surface area (Å²) in [6, 6.07) is 6.39. The van der Waals surface area contributed by atoms with E-state index in [0.717, 1.165) is 25.9 Å². The van der Waals surface area contributed by atoms with Crippen molar-refractivity contribution < 1.29 is 52.6 Å². The molecule has 9 nitrogen and oxygen atoms in total. The normalized spacial score (nSPS) is 12.2. The highest BCUT2D eigenvalue weighted by Crippen LogP contribution is 2.44. The molecule has 0 N–H and O–H groups in total. The van der Waals surface area contributed by atoms with Crippen molar-refractivity contribution in [3.63, 3.8) is 0 Å². The van der Waals surface area contributed by atoms with Crippen molar-refractivity contribution in [1.82, 2.24) is 0 Å². The first kappa shape index (κ1) is 27.4. The van der Waals surface area contributed by atoms with E-state index in [9.17, 15) is 30.0 Å². The SMILES string of the molecule is CCCCOc1ccc(-c2cc(OC)c(OS(=O)(=O)C(F)(F)F)cc2OC)cc1OS(C)(=O)=O. The van der Waals surface area contributed by atoms with Crippen molar-refractivity contribution in [3.8, 4) is 39.9 Å². The van der Waals surface area contributed by atoms with Crippen molar-refractivity contribution in [3.05, 3.63) is 30.3 Å². The number of halogens is 3. The third kappa shape index (κ3) is 6.82. The van der Waals surface area contributed by atoms with Gasteiger partial charge >= 0.3 is 25.7 Å². The molecule has 0 bridgehead atoms. The van der Waals surface area contributed by atoms with Crippen LogP contribution >= 0.6 is 0 Å². The number of alkyl halides is 3. The molecule has 0 spiro atoms. The van der Waals surface area contributed by atoms with E-state index in [1.807, 2.05) is 6.92 Å². The molecule has 190 valence electrons. The smallest absolute Gasteiger partial charge is 0.496 e. The third-order valence-electron chi connectivity index (χ3n) is 4.22. The van der Waals surface area contributed by atoms with Gasteiger partial charge in [0.15, 0.2) is 23.0 Å². The molecule has 0 heterocycles. The zero-order chi connectivity index (χ0) is 25.7. The molecule has 0 aliphatic carbocycles. The summed E-state index contributed by atoms with van der Waals surface area (Å²) in [6.07, 6.45) is 2.41. The standard InChI is InChI=1S/C20H23F3O9S2/c1-5-6-9-30-15-8-7-13(10-18(15)31-33(4,24)25)14-11-17(29-3)19(12-16(14)28-2)32-34(26,27)20(21,22)23/h7-8,10-12H,5-6,9H2,1-4H3. The summed E-state index contributed by atoms with van der Waals surface area (Å²) < 4.78 is 110. The van der Waals surface area contributed by atoms with E-state index < -0.39 is 31.5 Å². The maximum absolute atomic E-state index is 12.8. The van der Waals surface area contributed by atoms with Crippen molar-refractivity contribution in [1.29, 1.82) is 0 Å². The monoisotopic (exact) mass is 528 g/mol. The van der Waals surface area contributed by atoms with Crippen LogP contribution in [0.3, 0.4) is 0 Å². The van der Waals surface area contributed by atoms with E-state index in [-0.39, 0.29) is 28.6 Å². The predicted molar refractivity (Wildman–Crippen MR) is 116 cm³/mol. The van der Waals surface area contributed by atoms with Crippen molar-refractivity contribution >= 4 is 20.2 Å². The summed E-state index contributed by atoms with van der Waals surface area (Å²) in [4.78, 5) is 0. The Bertz CT molecular complexity index is 1220. The lowest BCUT2D eigenvalue weighted by Gasteiger charge is -2.17. The van der Waals surface area contributed by atoms with E-state index in [1.165, 1.54) is 31.4 Å². The van der Waals surface area contributed by atoms with Gasteiger partial charge in [-0.2, -0.15) is 30.0 Å². The van der Waals surface area contributed by atoms with Gasteiger partial charge in [0, 0.05) is 11.6 Å². The molecular formula is C20H23F3O9S2. The molecule has 14 heteroatoms. The predicted octanol–water partition coefficient (Wildman–Crippen LogP) is 4.12. The highest BCUT2D eigenvalue weighted by atomic mass is 32.2. The lowest BCUT2D eigenvalue weighted by atomic mass is 10.0. The third-order valence-corrected chi connectivity index (χ3v) is 5.67. The Morgan fingerprint density at radius 1 is 0.824 bits per heavy atom. The quantitative estimate of drug-likeness (QED) is 0.241. The number of methoxy groups -OCH3 is 2. The van der Waals surface area contributed by atoms with Gasteiger partial charge in [-0.05, 0) is 30.2 Å². The summed E-state index contributed by atoms with van der Waals surface area (Å²) >= 11 is 0. The molecule has 0 aliphatic rings. The molecule has 0 saturated heterocycles. The maximum atomic E-state index is 12.8. The lowest BCUT2D eigenvalue weighted by molar-refractivity contribution is -0.0500. The van der Waals surface area contributed by atoms with E-state index in [1.54, 1.807) is 0 Å². The zero-order valence-electron chi connectivity index (χ0n) is 18.6. The zero-order valence-corrected chi connectivity index (χ0v) is 20.3. The molecule has 0 fully saturated rings. The molecule has 2 aromatic rings. The van der Waals surface area contributed by atoms with Gasteiger partial charge in [-0.15, -0.1) is 0 Å². The summed E-state index contributed by atoms with van der Waals surface area (Å²) in [5, 5.41) is 0. The van der Waals surface area contributed by atoms with E-state index >= 15 is 0 Å². The lowest BCUT2D eigenvalue weighted by Crippen LogP contribution is -2.28. The van der Waals surface area contributed by atoms with Crippen LogP contribution < -0.4 is 22.6 Å². The van der Waals surface area contributed by atoms with Gasteiger partial charge in [0.2, 0.25) is 0 Å². The topological polar surface area (TPSA) is 114 Å². The second kappa shape index (κ2) is 10.6. The van der Waals surface area contributed by atoms with E-state index in [4.69, 9.17) is 18.4 Å². The number of benzene rings is 2. The molecule has 2 aromatic carbocycles. The van der Waals surface area contributed by atoms with Crippen molar-refractivity contribution in [2.75, 3.05) is 27.1 Å². The van der Waals surface area contributed by atoms with Gasteiger partial charge in [-0.3, -0.25) is 0 Å². The summed E-state index contributed by atoms with van der Waals surface area (Å²) in [5.41, 5.74) is -5.13. The minimum atomic E-state index is -5.97. The number of unbranched alkanes of at least 4 members (excludes halogenated alkanes) is 1. The number of ether oxygens (including phenoxy) is 3. The van der Waals surface area contributed by atoms with Crippen molar-refractivity contribution in [2.24, 2.45) is 0 Å². The van der Waals surface area contributed by atoms with Crippen molar-refractivity contribution in [2.45, 2.75) is 25.3 Å². The van der Waals surface area contributed by atoms with Crippen LogP contribution in [0.25, 0.3) is 11.1 Å². The molecule has 0 aromatic heterocycles. The van der Waals surface area contributed by atoms with Crippen LogP contribution in [-0.4, -0.2) is 49.4 Å². The van der Waals surface area contributed by atoms with Crippen LogP contribution in [0.4, 0.5) is 13.2 Å². The van der Waals surface area contributed by atoms with Gasteiger partial charge in [0.1, 0.15) is 5.75 Å². The maximum Gasteiger partial charge on any atom is 0.534 e. The minimum Gasteiger partial charge on any atom is -0.496 e. The second-order valence-electron chi connectivity index (χ2n) is 6.84. The fourth-order valence-electron chi connectivity index (χ4n) is 2.68. The average Bonchev–Trinajstić information content (AvgIpc) is 2.72. The molecule has 0 radical (unpaired) electrons. The van der Waals surface area contributed by atoms with Crippen LogP contribution in [0.1, 0.15) is 19.8 Å². The van der Waals surface area contributed by atoms with Crippen LogP contribution in [-0.2, 0) is 20.2 Å². The van der Waals surface area contributed by atoms with E-state index in [2.05, 4.69) is 4.18 Å². The highest BCUT2D eigenvalue weighted by Gasteiger charge is 2.49. The Morgan fingerprint density at radius 3 is 1.97 bits per heavy atom. The molecule has 0 atom stereocenters. The Balaban J connectivity index is 2.60. The van der Waals surface area contributed by atoms with Gasteiger partial charge in [0.25, 0.3) is 0 Å². The molecule has 0 unspecified atom stereocenters. The fourth-order valence-corrected chi connectivity index (χ4v) is 3.59. The molecule has 0 amide bonds. The number of hydrogen-bond donors (Lipinski definition) is 0. The Labute approximate surface area is 195 Å². The minimum absolute atomic E-state index is 0.0851. The van der Waals surface area contributed by atoms with Crippen LogP contribution in [0.2, 0.25) is 0 Å². The van der Waals surface area contributed by atoms with Crippen LogP contribution in [0, 0.1) is 0 Å². The average molecular weight is 529 g/mol. The first-order valence-electron chi connectivity index (χ1n) is 9.65. The largest absolute Gasteiger partial charge is 0.534 e. The van der Waals surface area contributed by atoms with Gasteiger partial charge in [-0.25, -0.2) is 0 Å². The molecule has 2 rings (SSSR count). The summed E-state index contributed by atoms with van der Waals surface area (Å²) in [5.74, 6) is -1.16. The van der Waals surface area contributed by atoms with Crippen LogP contribution in [0.15, 0.2) is 30.3 Å². The summed E-state index contributed by atoms with van der Waals surface area (Å²) in [6.45, 7) is 2.26. The Kier molecular flexibility index (Phi) is 8.53. The van der Waals surface area contributed by atoms with Gasteiger partial charge in [0.05, 0.1) is 27.1 Å². The Morgan fingerprint density at radius 2 is 1.44 bits per heavy atom. The molecule has 0 saturated carbocycles. The van der Waals surface area contributed by atoms with Gasteiger partial charge in [-0.1, -0.05) is 19.4 Å². The second-order valence-corrected chi connectivity index (χ2v) is 9.95. The number of hydrogen-bond acceptors (Lipinski definition) is 9. The van der Waals surface area contributed by atoms with Gasteiger partial charge < -0.3 is 22.6 Å². The first-order valence-corrected chi connectivity index (χ1v) is 12.9. The highest BCUT2D eigenvalue weighted by molar-refractivity contribution is 7.88. The van der Waals surface area contributed by atoms with E-state index in [0.29, 0.717) is 18.6 Å². The molecule has 34 heavy (non-hydrogen) atoms. The Hall–Kier alpha value is -2.87. The summed E-state index contributed by atoms with van der Waals surface area (Å²) in [7, 11) is -7.60.